The number of hydrogen-bond acceptors (Lipinski definition) is 9. The van der Waals surface area contributed by atoms with Crippen molar-refractivity contribution in [3.05, 3.63) is 65.2 Å². The second kappa shape index (κ2) is 11.3. The molecule has 1 aromatic carbocycles. The fraction of sp³-hybridized carbons (Fsp3) is 0.370. The largest absolute Gasteiger partial charge is 0.497 e. The molecule has 0 spiro atoms. The van der Waals surface area contributed by atoms with Crippen LogP contribution in [0.1, 0.15) is 33.2 Å². The molecule has 1 aliphatic rings. The molecular weight excluding hydrogens is 543 g/mol. The van der Waals surface area contributed by atoms with Crippen LogP contribution in [0.15, 0.2) is 42.9 Å². The average Bonchev–Trinajstić information content (AvgIpc) is 3.40. The van der Waals surface area contributed by atoms with Crippen molar-refractivity contribution in [3.8, 4) is 23.0 Å². The Bertz CT molecular complexity index is 1530. The zero-order valence-electron chi connectivity index (χ0n) is 22.6. The fourth-order valence-electron chi connectivity index (χ4n) is 5.03. The number of halogens is 3. The van der Waals surface area contributed by atoms with Crippen molar-refractivity contribution >= 4 is 11.6 Å². The van der Waals surface area contributed by atoms with Gasteiger partial charge in [0, 0.05) is 55.3 Å². The van der Waals surface area contributed by atoms with Gasteiger partial charge in [-0.2, -0.15) is 18.3 Å². The van der Waals surface area contributed by atoms with Gasteiger partial charge < -0.3 is 19.5 Å². The minimum atomic E-state index is -4.74. The number of nitrogens with zero attached hydrogens (tertiary/aromatic N) is 7. The molecule has 1 fully saturated rings. The van der Waals surface area contributed by atoms with Crippen LogP contribution in [-0.2, 0) is 6.18 Å². The SMILES string of the molecule is COc1ccc(-c2nc3c(C(=O)N4CCN([C@H](CO)c5cnc(OC)nc5)CC4)cnn3c(C(F)(F)F)c2C)cc1. The molecule has 3 aromatic heterocycles. The van der Waals surface area contributed by atoms with Crippen molar-refractivity contribution in [1.29, 1.82) is 0 Å². The third-order valence-electron chi connectivity index (χ3n) is 7.18. The lowest BCUT2D eigenvalue weighted by Crippen LogP contribution is -2.50. The molecular formula is C27H28F3N7O4. The van der Waals surface area contributed by atoms with Crippen LogP contribution in [-0.4, -0.2) is 92.4 Å². The molecule has 0 bridgehead atoms. The number of ether oxygens (including phenoxy) is 2. The van der Waals surface area contributed by atoms with Gasteiger partial charge in [0.25, 0.3) is 5.91 Å². The smallest absolute Gasteiger partial charge is 0.433 e. The summed E-state index contributed by atoms with van der Waals surface area (Å²) in [6, 6.07) is 6.32. The first kappa shape index (κ1) is 28.2. The Morgan fingerprint density at radius 2 is 1.68 bits per heavy atom. The highest BCUT2D eigenvalue weighted by Crippen LogP contribution is 2.37. The summed E-state index contributed by atoms with van der Waals surface area (Å²) in [5.74, 6) is 0.0731. The van der Waals surface area contributed by atoms with Crippen LogP contribution in [0.5, 0.6) is 11.8 Å². The van der Waals surface area contributed by atoms with E-state index in [1.807, 2.05) is 4.90 Å². The van der Waals surface area contributed by atoms with Crippen molar-refractivity contribution in [2.45, 2.75) is 19.1 Å². The minimum Gasteiger partial charge on any atom is -0.497 e. The monoisotopic (exact) mass is 571 g/mol. The molecule has 0 saturated carbocycles. The van der Waals surface area contributed by atoms with Gasteiger partial charge in [-0.1, -0.05) is 0 Å². The molecule has 14 heteroatoms. The molecule has 4 heterocycles. The topological polar surface area (TPSA) is 118 Å². The number of carbonyl (C=O) groups excluding carboxylic acids is 1. The lowest BCUT2D eigenvalue weighted by Gasteiger charge is -2.38. The number of aromatic nitrogens is 5. The van der Waals surface area contributed by atoms with Crippen molar-refractivity contribution in [3.63, 3.8) is 0 Å². The maximum atomic E-state index is 14.2. The van der Waals surface area contributed by atoms with Gasteiger partial charge in [-0.15, -0.1) is 0 Å². The lowest BCUT2D eigenvalue weighted by molar-refractivity contribution is -0.143. The van der Waals surface area contributed by atoms with Gasteiger partial charge in [0.2, 0.25) is 0 Å². The van der Waals surface area contributed by atoms with Gasteiger partial charge in [-0.3, -0.25) is 9.69 Å². The Balaban J connectivity index is 1.43. The zero-order valence-corrected chi connectivity index (χ0v) is 22.6. The maximum Gasteiger partial charge on any atom is 0.433 e. The van der Waals surface area contributed by atoms with E-state index in [1.165, 1.54) is 21.1 Å². The quantitative estimate of drug-likeness (QED) is 0.357. The van der Waals surface area contributed by atoms with Gasteiger partial charge in [-0.25, -0.2) is 19.5 Å². The van der Waals surface area contributed by atoms with E-state index in [9.17, 15) is 23.1 Å². The molecule has 1 amide bonds. The highest BCUT2D eigenvalue weighted by atomic mass is 19.4. The van der Waals surface area contributed by atoms with Crippen molar-refractivity contribution < 1.29 is 32.5 Å². The lowest BCUT2D eigenvalue weighted by atomic mass is 10.0. The van der Waals surface area contributed by atoms with Gasteiger partial charge in [-0.05, 0) is 31.2 Å². The average molecular weight is 572 g/mol. The Hall–Kier alpha value is -4.30. The molecule has 0 unspecified atom stereocenters. The molecule has 216 valence electrons. The molecule has 0 aliphatic carbocycles. The summed E-state index contributed by atoms with van der Waals surface area (Å²) in [5.41, 5.74) is -0.0682. The Morgan fingerprint density at radius 1 is 1.02 bits per heavy atom. The van der Waals surface area contributed by atoms with Gasteiger partial charge in [0.15, 0.2) is 11.3 Å². The van der Waals surface area contributed by atoms with E-state index >= 15 is 0 Å². The predicted octanol–water partition coefficient (Wildman–Crippen LogP) is 3.02. The summed E-state index contributed by atoms with van der Waals surface area (Å²) in [5, 5.41) is 14.0. The summed E-state index contributed by atoms with van der Waals surface area (Å²) in [4.78, 5) is 29.8. The van der Waals surface area contributed by atoms with E-state index in [4.69, 9.17) is 9.47 Å². The summed E-state index contributed by atoms with van der Waals surface area (Å²) in [7, 11) is 2.95. The second-order valence-electron chi connectivity index (χ2n) is 9.48. The minimum absolute atomic E-state index is 0.0269. The van der Waals surface area contributed by atoms with E-state index in [2.05, 4.69) is 20.1 Å². The number of carbonyl (C=O) groups is 1. The van der Waals surface area contributed by atoms with Crippen LogP contribution in [0.25, 0.3) is 16.9 Å². The first-order valence-corrected chi connectivity index (χ1v) is 12.8. The summed E-state index contributed by atoms with van der Waals surface area (Å²) in [6.07, 6.45) is -0.450. The highest BCUT2D eigenvalue weighted by molar-refractivity contribution is 6.00. The van der Waals surface area contributed by atoms with Gasteiger partial charge in [0.1, 0.15) is 11.3 Å². The standard InChI is InChI=1S/C27H28F3N7O4/c1-16-22(17-4-6-19(40-2)7-5-17)34-24-20(14-33-37(24)23(16)27(28,29)30)25(39)36-10-8-35(9-11-36)21(15-38)18-12-31-26(41-3)32-13-18/h4-7,12-14,21,38H,8-11,15H2,1-3H3/t21-/m1/s1. The number of aliphatic hydroxyl groups is 1. The molecule has 41 heavy (non-hydrogen) atoms. The Kier molecular flexibility index (Phi) is 7.78. The van der Waals surface area contributed by atoms with Crippen molar-refractivity contribution in [1.82, 2.24) is 34.4 Å². The van der Waals surface area contributed by atoms with Crippen LogP contribution in [0.4, 0.5) is 13.2 Å². The maximum absolute atomic E-state index is 14.2. The number of alkyl halides is 3. The van der Waals surface area contributed by atoms with Crippen molar-refractivity contribution in [2.24, 2.45) is 0 Å². The summed E-state index contributed by atoms with van der Waals surface area (Å²) < 4.78 is 53.6. The summed E-state index contributed by atoms with van der Waals surface area (Å²) >= 11 is 0. The van der Waals surface area contributed by atoms with Crippen LogP contribution >= 0.6 is 0 Å². The molecule has 1 N–H and O–H groups in total. The van der Waals surface area contributed by atoms with E-state index in [1.54, 1.807) is 41.6 Å². The van der Waals surface area contributed by atoms with Crippen molar-refractivity contribution in [2.75, 3.05) is 47.0 Å². The molecule has 1 aliphatic heterocycles. The van der Waals surface area contributed by atoms with E-state index in [0.29, 0.717) is 34.5 Å². The number of fused-ring (bicyclic) bond motifs is 1. The first-order chi connectivity index (χ1) is 19.7. The van der Waals surface area contributed by atoms with Crippen LogP contribution in [0, 0.1) is 6.92 Å². The first-order valence-electron chi connectivity index (χ1n) is 12.8. The number of amides is 1. The van der Waals surface area contributed by atoms with Crippen LogP contribution < -0.4 is 9.47 Å². The molecule has 5 rings (SSSR count). The van der Waals surface area contributed by atoms with E-state index in [0.717, 1.165) is 6.20 Å². The van der Waals surface area contributed by atoms with E-state index < -0.39 is 17.8 Å². The highest BCUT2D eigenvalue weighted by Gasteiger charge is 2.39. The fourth-order valence-corrected chi connectivity index (χ4v) is 5.03. The van der Waals surface area contributed by atoms with Gasteiger partial charge >= 0.3 is 12.2 Å². The molecule has 1 saturated heterocycles. The molecule has 0 radical (unpaired) electrons. The number of methoxy groups -OCH3 is 2. The molecule has 1 atom stereocenters. The third-order valence-corrected chi connectivity index (χ3v) is 7.18. The Labute approximate surface area is 233 Å². The molecule has 11 nitrogen and oxygen atoms in total. The summed E-state index contributed by atoms with van der Waals surface area (Å²) in [6.45, 7) is 2.55. The number of aliphatic hydroxyl groups excluding tert-OH is 1. The Morgan fingerprint density at radius 3 is 2.24 bits per heavy atom. The van der Waals surface area contributed by atoms with Crippen LogP contribution in [0.3, 0.4) is 0 Å². The van der Waals surface area contributed by atoms with Gasteiger partial charge in [0.05, 0.1) is 38.8 Å². The molecule has 4 aromatic rings. The normalized spacial score (nSPS) is 15.2. The van der Waals surface area contributed by atoms with E-state index in [-0.39, 0.29) is 54.2 Å². The zero-order chi connectivity index (χ0) is 29.3. The number of hydrogen-bond donors (Lipinski definition) is 1. The third kappa shape index (κ3) is 5.39. The van der Waals surface area contributed by atoms with Crippen LogP contribution in [0.2, 0.25) is 0 Å². The number of benzene rings is 1. The second-order valence-corrected chi connectivity index (χ2v) is 9.48. The predicted molar refractivity (Wildman–Crippen MR) is 141 cm³/mol. The number of rotatable bonds is 7. The number of piperazine rings is 1.